The third-order valence-corrected chi connectivity index (χ3v) is 6.40. The fourth-order valence-corrected chi connectivity index (χ4v) is 3.81. The normalized spacial score (nSPS) is 12.6. The standard InChI is InChI=1S/C27H38O8Si/c1-17-20(33-25(30)35-27(5,6)7)16-18-15-19(11-12-21(28)34-26(2,3)4)32-24(29)22(18)23(17)31-13-14-36(8,9)10/h11-12,15-16H,13-14H2,1-10H3/b12-11+. The number of esters is 1. The fourth-order valence-electron chi connectivity index (χ4n) is 3.09. The predicted octanol–water partition coefficient (Wildman–Crippen LogP) is 6.49. The second-order valence-corrected chi connectivity index (χ2v) is 17.4. The Kier molecular flexibility index (Phi) is 8.83. The van der Waals surface area contributed by atoms with E-state index in [4.69, 9.17) is 23.4 Å². The van der Waals surface area contributed by atoms with Gasteiger partial charge in [-0.3, -0.25) is 0 Å². The Morgan fingerprint density at radius 2 is 1.61 bits per heavy atom. The second-order valence-electron chi connectivity index (χ2n) is 11.8. The molecular formula is C27H38O8Si. The van der Waals surface area contributed by atoms with Gasteiger partial charge in [-0.25, -0.2) is 14.4 Å². The summed E-state index contributed by atoms with van der Waals surface area (Å²) in [6, 6.07) is 4.00. The lowest BCUT2D eigenvalue weighted by atomic mass is 10.1. The molecule has 0 saturated carbocycles. The summed E-state index contributed by atoms with van der Waals surface area (Å²) in [5.41, 5.74) is -1.54. The minimum atomic E-state index is -1.41. The van der Waals surface area contributed by atoms with Crippen molar-refractivity contribution in [2.24, 2.45) is 0 Å². The molecule has 0 amide bonds. The number of fused-ring (bicyclic) bond motifs is 1. The Balaban J connectivity index is 2.55. The molecule has 1 aromatic carbocycles. The van der Waals surface area contributed by atoms with Crippen LogP contribution >= 0.6 is 0 Å². The van der Waals surface area contributed by atoms with Gasteiger partial charge < -0.3 is 23.4 Å². The van der Waals surface area contributed by atoms with Crippen LogP contribution in [0.5, 0.6) is 11.5 Å². The Hall–Kier alpha value is -3.07. The molecular weight excluding hydrogens is 480 g/mol. The number of benzene rings is 1. The van der Waals surface area contributed by atoms with Crippen molar-refractivity contribution < 1.29 is 33.0 Å². The molecule has 1 aromatic heterocycles. The molecule has 0 N–H and O–H groups in total. The van der Waals surface area contributed by atoms with E-state index in [2.05, 4.69) is 19.6 Å². The summed E-state index contributed by atoms with van der Waals surface area (Å²) in [5, 5.41) is 0.663. The average molecular weight is 519 g/mol. The van der Waals surface area contributed by atoms with Crippen LogP contribution in [0.25, 0.3) is 16.8 Å². The third kappa shape index (κ3) is 9.18. The van der Waals surface area contributed by atoms with Crippen LogP contribution in [0.1, 0.15) is 52.9 Å². The molecule has 8 nitrogen and oxygen atoms in total. The predicted molar refractivity (Wildman–Crippen MR) is 143 cm³/mol. The number of rotatable bonds is 7. The number of hydrogen-bond acceptors (Lipinski definition) is 8. The second kappa shape index (κ2) is 10.9. The van der Waals surface area contributed by atoms with Gasteiger partial charge in [-0.2, -0.15) is 0 Å². The number of carbonyl (C=O) groups is 2. The molecule has 0 unspecified atom stereocenters. The molecule has 36 heavy (non-hydrogen) atoms. The monoisotopic (exact) mass is 518 g/mol. The van der Waals surface area contributed by atoms with Gasteiger partial charge in [0.15, 0.2) is 0 Å². The summed E-state index contributed by atoms with van der Waals surface area (Å²) in [7, 11) is -1.41. The Morgan fingerprint density at radius 1 is 1.00 bits per heavy atom. The van der Waals surface area contributed by atoms with Crippen LogP contribution in [0.2, 0.25) is 25.7 Å². The molecule has 0 aliphatic heterocycles. The number of carbonyl (C=O) groups excluding carboxylic acids is 2. The van der Waals surface area contributed by atoms with E-state index >= 15 is 0 Å². The molecule has 0 spiro atoms. The van der Waals surface area contributed by atoms with Crippen molar-refractivity contribution in [3.63, 3.8) is 0 Å². The Labute approximate surface area is 213 Å². The van der Waals surface area contributed by atoms with Crippen LogP contribution in [-0.2, 0) is 14.3 Å². The molecule has 0 saturated heterocycles. The zero-order chi connectivity index (χ0) is 27.5. The van der Waals surface area contributed by atoms with Crippen LogP contribution in [0.3, 0.4) is 0 Å². The zero-order valence-electron chi connectivity index (χ0n) is 23.0. The Bertz CT molecular complexity index is 1200. The van der Waals surface area contributed by atoms with E-state index in [-0.39, 0.29) is 16.9 Å². The average Bonchev–Trinajstić information content (AvgIpc) is 2.65. The first kappa shape index (κ1) is 29.2. The van der Waals surface area contributed by atoms with Crippen LogP contribution in [0.15, 0.2) is 27.4 Å². The van der Waals surface area contributed by atoms with Gasteiger partial charge in [-0.1, -0.05) is 19.6 Å². The van der Waals surface area contributed by atoms with Gasteiger partial charge in [0.1, 0.15) is 33.8 Å². The Morgan fingerprint density at radius 3 is 2.17 bits per heavy atom. The van der Waals surface area contributed by atoms with Gasteiger partial charge in [0.05, 0.1) is 6.61 Å². The molecule has 0 radical (unpaired) electrons. The number of hydrogen-bond donors (Lipinski definition) is 0. The van der Waals surface area contributed by atoms with E-state index in [0.29, 0.717) is 23.3 Å². The SMILES string of the molecule is Cc1c(OC(=O)OC(C)(C)C)cc2cc(/C=C/C(=O)OC(C)(C)C)oc(=O)c2c1OCC[Si](C)(C)C. The van der Waals surface area contributed by atoms with Crippen molar-refractivity contribution >= 4 is 37.0 Å². The number of ether oxygens (including phenoxy) is 4. The maximum atomic E-state index is 13.0. The summed E-state index contributed by atoms with van der Waals surface area (Å²) in [6.07, 6.45) is 1.67. The maximum Gasteiger partial charge on any atom is 0.514 e. The lowest BCUT2D eigenvalue weighted by Crippen LogP contribution is -2.26. The molecule has 198 valence electrons. The van der Waals surface area contributed by atoms with Gasteiger partial charge in [0.25, 0.3) is 0 Å². The topological polar surface area (TPSA) is 101 Å². The highest BCUT2D eigenvalue weighted by Gasteiger charge is 2.23. The summed E-state index contributed by atoms with van der Waals surface area (Å²) >= 11 is 0. The lowest BCUT2D eigenvalue weighted by molar-refractivity contribution is -0.148. The lowest BCUT2D eigenvalue weighted by Gasteiger charge is -2.21. The van der Waals surface area contributed by atoms with E-state index in [1.807, 2.05) is 0 Å². The fraction of sp³-hybridized carbons (Fsp3) is 0.519. The van der Waals surface area contributed by atoms with Gasteiger partial charge in [-0.05, 0) is 72.7 Å². The molecule has 0 fully saturated rings. The van der Waals surface area contributed by atoms with Crippen LogP contribution in [0, 0.1) is 6.92 Å². The van der Waals surface area contributed by atoms with Crippen LogP contribution in [0.4, 0.5) is 4.79 Å². The van der Waals surface area contributed by atoms with Crippen molar-refractivity contribution in [1.82, 2.24) is 0 Å². The van der Waals surface area contributed by atoms with Gasteiger partial charge in [0, 0.05) is 25.1 Å². The molecule has 9 heteroatoms. The van der Waals surface area contributed by atoms with Crippen molar-refractivity contribution in [2.75, 3.05) is 6.61 Å². The molecule has 0 atom stereocenters. The van der Waals surface area contributed by atoms with Crippen molar-refractivity contribution in [3.05, 3.63) is 40.0 Å². The first-order valence-corrected chi connectivity index (χ1v) is 15.6. The highest BCUT2D eigenvalue weighted by atomic mass is 28.3. The largest absolute Gasteiger partial charge is 0.514 e. The van der Waals surface area contributed by atoms with Gasteiger partial charge >= 0.3 is 17.8 Å². The molecule has 0 bridgehead atoms. The molecule has 0 aliphatic carbocycles. The minimum Gasteiger partial charge on any atom is -0.493 e. The summed E-state index contributed by atoms with van der Waals surface area (Å²) in [5.74, 6) is 0.0603. The smallest absolute Gasteiger partial charge is 0.493 e. The first-order chi connectivity index (χ1) is 16.3. The minimum absolute atomic E-state index is 0.137. The van der Waals surface area contributed by atoms with Crippen molar-refractivity contribution in [2.45, 2.75) is 85.4 Å². The molecule has 0 aliphatic rings. The highest BCUT2D eigenvalue weighted by Crippen LogP contribution is 2.36. The zero-order valence-corrected chi connectivity index (χ0v) is 24.0. The van der Waals surface area contributed by atoms with E-state index in [9.17, 15) is 14.4 Å². The molecule has 2 rings (SSSR count). The van der Waals surface area contributed by atoms with Crippen LogP contribution in [-0.4, -0.2) is 38.0 Å². The van der Waals surface area contributed by atoms with E-state index < -0.39 is 37.0 Å². The van der Waals surface area contributed by atoms with E-state index in [0.717, 1.165) is 6.04 Å². The van der Waals surface area contributed by atoms with E-state index in [1.165, 1.54) is 12.2 Å². The van der Waals surface area contributed by atoms with Gasteiger partial charge in [0.2, 0.25) is 0 Å². The summed E-state index contributed by atoms with van der Waals surface area (Å²) in [4.78, 5) is 37.4. The first-order valence-electron chi connectivity index (χ1n) is 11.9. The quantitative estimate of drug-likeness (QED) is 0.177. The van der Waals surface area contributed by atoms with Gasteiger partial charge in [-0.15, -0.1) is 0 Å². The molecule has 1 heterocycles. The molecule has 2 aromatic rings. The summed E-state index contributed by atoms with van der Waals surface area (Å²) < 4.78 is 27.6. The highest BCUT2D eigenvalue weighted by molar-refractivity contribution is 6.76. The van der Waals surface area contributed by atoms with Crippen LogP contribution < -0.4 is 15.1 Å². The third-order valence-electron chi connectivity index (χ3n) is 4.70. The maximum absolute atomic E-state index is 13.0. The van der Waals surface area contributed by atoms with Crippen molar-refractivity contribution in [3.8, 4) is 11.5 Å². The van der Waals surface area contributed by atoms with E-state index in [1.54, 1.807) is 60.6 Å². The summed E-state index contributed by atoms with van der Waals surface area (Å²) in [6.45, 7) is 19.3. The van der Waals surface area contributed by atoms with Crippen molar-refractivity contribution in [1.29, 1.82) is 0 Å².